The van der Waals surface area contributed by atoms with Crippen molar-refractivity contribution in [2.75, 3.05) is 40.3 Å². The van der Waals surface area contributed by atoms with Crippen LogP contribution in [-0.2, 0) is 10.0 Å². The monoisotopic (exact) mass is 383 g/mol. The van der Waals surface area contributed by atoms with E-state index in [0.29, 0.717) is 31.7 Å². The van der Waals surface area contributed by atoms with E-state index in [1.54, 1.807) is 18.0 Å². The number of hydrogen-bond acceptors (Lipinski definition) is 5. The lowest BCUT2D eigenvalue weighted by Crippen LogP contribution is -2.39. The molecule has 1 amide bonds. The van der Waals surface area contributed by atoms with Crippen LogP contribution in [0.3, 0.4) is 0 Å². The highest BCUT2D eigenvalue weighted by molar-refractivity contribution is 7.89. The second kappa shape index (κ2) is 7.94. The molecule has 1 aliphatic heterocycles. The summed E-state index contributed by atoms with van der Waals surface area (Å²) in [6, 6.07) is 4.55. The van der Waals surface area contributed by atoms with Gasteiger partial charge in [0.15, 0.2) is 0 Å². The molecule has 0 radical (unpaired) electrons. The van der Waals surface area contributed by atoms with Gasteiger partial charge in [0.25, 0.3) is 5.91 Å². The average Bonchev–Trinajstić information content (AvgIpc) is 3.15. The lowest BCUT2D eigenvalue weighted by atomic mass is 9.93. The Hall–Kier alpha value is -1.64. The molecule has 0 saturated carbocycles. The van der Waals surface area contributed by atoms with Gasteiger partial charge in [0.1, 0.15) is 10.6 Å². The fraction of sp³-hybridized carbons (Fsp3) is 0.611. The van der Waals surface area contributed by atoms with Gasteiger partial charge in [0.2, 0.25) is 10.0 Å². The third-order valence-electron chi connectivity index (χ3n) is 4.66. The van der Waals surface area contributed by atoms with Crippen molar-refractivity contribution in [1.82, 2.24) is 9.21 Å². The molecule has 0 unspecified atom stereocenters. The molecule has 1 aliphatic rings. The van der Waals surface area contributed by atoms with E-state index in [1.807, 2.05) is 13.8 Å². The number of sulfonamides is 1. The fourth-order valence-corrected chi connectivity index (χ4v) is 4.78. The van der Waals surface area contributed by atoms with Crippen molar-refractivity contribution in [3.05, 3.63) is 23.8 Å². The van der Waals surface area contributed by atoms with Crippen LogP contribution in [0.2, 0.25) is 0 Å². The van der Waals surface area contributed by atoms with Crippen LogP contribution in [0.25, 0.3) is 0 Å². The van der Waals surface area contributed by atoms with Crippen molar-refractivity contribution in [3.63, 3.8) is 0 Å². The molecule has 0 spiro atoms. The van der Waals surface area contributed by atoms with Gasteiger partial charge in [-0.1, -0.05) is 13.8 Å². The highest BCUT2D eigenvalue weighted by atomic mass is 32.2. The highest BCUT2D eigenvalue weighted by Crippen LogP contribution is 2.30. The van der Waals surface area contributed by atoms with E-state index in [9.17, 15) is 13.2 Å². The highest BCUT2D eigenvalue weighted by Gasteiger charge is 2.31. The van der Waals surface area contributed by atoms with Crippen molar-refractivity contribution >= 4 is 15.9 Å². The standard InChI is InChI=1S/C18H29N3O4S/c1-18(2,12-19)13-20(3)17(22)14-7-8-15(25-4)16(11-14)26(23,24)21-9-5-6-10-21/h7-8,11H,5-6,9-10,12-13,19H2,1-4H3. The van der Waals surface area contributed by atoms with Crippen molar-refractivity contribution in [1.29, 1.82) is 0 Å². The van der Waals surface area contributed by atoms with Gasteiger partial charge in [-0.3, -0.25) is 4.79 Å². The Morgan fingerprint density at radius 2 is 1.92 bits per heavy atom. The molecule has 7 nitrogen and oxygen atoms in total. The second-order valence-electron chi connectivity index (χ2n) is 7.51. The molecule has 1 heterocycles. The summed E-state index contributed by atoms with van der Waals surface area (Å²) in [6.07, 6.45) is 1.69. The van der Waals surface area contributed by atoms with Crippen LogP contribution in [0.5, 0.6) is 5.75 Å². The third kappa shape index (κ3) is 4.36. The second-order valence-corrected chi connectivity index (χ2v) is 9.41. The number of ether oxygens (including phenoxy) is 1. The predicted molar refractivity (Wildman–Crippen MR) is 101 cm³/mol. The first-order valence-electron chi connectivity index (χ1n) is 8.76. The fourth-order valence-electron chi connectivity index (χ4n) is 3.08. The number of carbonyl (C=O) groups excluding carboxylic acids is 1. The predicted octanol–water partition coefficient (Wildman–Crippen LogP) is 1.54. The lowest BCUT2D eigenvalue weighted by Gasteiger charge is -2.29. The minimum Gasteiger partial charge on any atom is -0.495 e. The lowest BCUT2D eigenvalue weighted by molar-refractivity contribution is 0.0740. The van der Waals surface area contributed by atoms with E-state index in [0.717, 1.165) is 12.8 Å². The number of hydrogen-bond donors (Lipinski definition) is 1. The number of nitrogens with zero attached hydrogens (tertiary/aromatic N) is 2. The summed E-state index contributed by atoms with van der Waals surface area (Å²) < 4.78 is 32.6. The molecule has 2 N–H and O–H groups in total. The molecular formula is C18H29N3O4S. The summed E-state index contributed by atoms with van der Waals surface area (Å²) in [5.41, 5.74) is 5.84. The molecule has 0 atom stereocenters. The summed E-state index contributed by atoms with van der Waals surface area (Å²) in [5, 5.41) is 0. The Morgan fingerprint density at radius 3 is 2.46 bits per heavy atom. The van der Waals surface area contributed by atoms with Gasteiger partial charge < -0.3 is 15.4 Å². The van der Waals surface area contributed by atoms with E-state index < -0.39 is 10.0 Å². The van der Waals surface area contributed by atoms with Gasteiger partial charge >= 0.3 is 0 Å². The van der Waals surface area contributed by atoms with E-state index in [-0.39, 0.29) is 22.0 Å². The van der Waals surface area contributed by atoms with Gasteiger partial charge in [-0.25, -0.2) is 8.42 Å². The van der Waals surface area contributed by atoms with Gasteiger partial charge in [0, 0.05) is 32.2 Å². The third-order valence-corrected chi connectivity index (χ3v) is 6.58. The smallest absolute Gasteiger partial charge is 0.253 e. The van der Waals surface area contributed by atoms with Crippen LogP contribution in [0.15, 0.2) is 23.1 Å². The van der Waals surface area contributed by atoms with Crippen molar-refractivity contribution in [3.8, 4) is 5.75 Å². The number of amides is 1. The Kier molecular flexibility index (Phi) is 6.31. The molecule has 146 valence electrons. The number of nitrogens with two attached hydrogens (primary N) is 1. The normalized spacial score (nSPS) is 15.9. The van der Waals surface area contributed by atoms with Crippen molar-refractivity contribution < 1.29 is 17.9 Å². The van der Waals surface area contributed by atoms with Gasteiger partial charge in [-0.15, -0.1) is 0 Å². The summed E-state index contributed by atoms with van der Waals surface area (Å²) >= 11 is 0. The zero-order valence-electron chi connectivity index (χ0n) is 16.0. The van der Waals surface area contributed by atoms with E-state index >= 15 is 0 Å². The minimum atomic E-state index is -3.69. The van der Waals surface area contributed by atoms with E-state index in [1.165, 1.54) is 23.5 Å². The van der Waals surface area contributed by atoms with Crippen LogP contribution in [0, 0.1) is 5.41 Å². The molecule has 1 saturated heterocycles. The van der Waals surface area contributed by atoms with Crippen LogP contribution in [-0.4, -0.2) is 63.9 Å². The first-order valence-corrected chi connectivity index (χ1v) is 10.2. The Balaban J connectivity index is 2.36. The quantitative estimate of drug-likeness (QED) is 0.771. The van der Waals surface area contributed by atoms with Crippen LogP contribution in [0.1, 0.15) is 37.0 Å². The molecule has 1 aromatic rings. The van der Waals surface area contributed by atoms with Gasteiger partial charge in [-0.05, 0) is 43.0 Å². The molecule has 1 aromatic carbocycles. The van der Waals surface area contributed by atoms with Crippen molar-refractivity contribution in [2.45, 2.75) is 31.6 Å². The summed E-state index contributed by atoms with van der Waals surface area (Å²) in [7, 11) is -0.566. The van der Waals surface area contributed by atoms with E-state index in [2.05, 4.69) is 0 Å². The van der Waals surface area contributed by atoms with Crippen molar-refractivity contribution in [2.24, 2.45) is 11.1 Å². The van der Waals surface area contributed by atoms with Gasteiger partial charge in [0.05, 0.1) is 7.11 Å². The maximum absolute atomic E-state index is 12.9. The maximum atomic E-state index is 12.9. The zero-order chi connectivity index (χ0) is 19.5. The molecular weight excluding hydrogens is 354 g/mol. The number of rotatable bonds is 7. The van der Waals surface area contributed by atoms with Crippen LogP contribution in [0.4, 0.5) is 0 Å². The Bertz CT molecular complexity index is 756. The largest absolute Gasteiger partial charge is 0.495 e. The minimum absolute atomic E-state index is 0.0410. The zero-order valence-corrected chi connectivity index (χ0v) is 16.8. The first-order chi connectivity index (χ1) is 12.1. The Morgan fingerprint density at radius 1 is 1.31 bits per heavy atom. The summed E-state index contributed by atoms with van der Waals surface area (Å²) in [6.45, 7) is 5.87. The molecule has 0 aliphatic carbocycles. The molecule has 0 aromatic heterocycles. The number of methoxy groups -OCH3 is 1. The molecule has 0 bridgehead atoms. The molecule has 1 fully saturated rings. The summed E-state index contributed by atoms with van der Waals surface area (Å²) in [4.78, 5) is 14.4. The molecule has 26 heavy (non-hydrogen) atoms. The van der Waals surface area contributed by atoms with Gasteiger partial charge in [-0.2, -0.15) is 4.31 Å². The Labute approximate surface area is 156 Å². The SMILES string of the molecule is COc1ccc(C(=O)N(C)CC(C)(C)CN)cc1S(=O)(=O)N1CCCC1. The number of benzene rings is 1. The maximum Gasteiger partial charge on any atom is 0.253 e. The molecule has 8 heteroatoms. The molecule has 2 rings (SSSR count). The number of carbonyl (C=O) groups is 1. The summed E-state index contributed by atoms with van der Waals surface area (Å²) in [5.74, 6) is 0.00504. The van der Waals surface area contributed by atoms with E-state index in [4.69, 9.17) is 10.5 Å². The average molecular weight is 384 g/mol. The topological polar surface area (TPSA) is 92.9 Å². The van der Waals surface area contributed by atoms with Crippen LogP contribution >= 0.6 is 0 Å². The first kappa shape index (κ1) is 20.7. The van der Waals surface area contributed by atoms with Crippen LogP contribution < -0.4 is 10.5 Å².